The van der Waals surface area contributed by atoms with Gasteiger partial charge < -0.3 is 19.7 Å². The van der Waals surface area contributed by atoms with Gasteiger partial charge in [-0.2, -0.15) is 0 Å². The van der Waals surface area contributed by atoms with E-state index in [4.69, 9.17) is 19.8 Å². The van der Waals surface area contributed by atoms with Crippen molar-refractivity contribution in [3.8, 4) is 5.75 Å². The van der Waals surface area contributed by atoms with E-state index in [1.807, 2.05) is 0 Å². The first kappa shape index (κ1) is 18.1. The van der Waals surface area contributed by atoms with Gasteiger partial charge in [-0.25, -0.2) is 5.48 Å². The van der Waals surface area contributed by atoms with Gasteiger partial charge >= 0.3 is 0 Å². The molecule has 0 aliphatic rings. The molecule has 0 unspecified atom stereocenters. The SMILES string of the molecule is CCO[C@@H](/C=C/C(=O)NO)[C@@H](O)c1ccc(OCCO)cc1. The molecule has 0 aromatic heterocycles. The standard InChI is InChI=1S/C15H21NO6/c1-2-21-13(7-8-14(18)16-20)15(19)11-3-5-12(6-4-11)22-10-9-17/h3-8,13,15,17,19-20H,2,9-10H2,1H3,(H,16,18)/b8-7+/t13-,15-/m0/s1. The second-order valence-electron chi connectivity index (χ2n) is 4.34. The Morgan fingerprint density at radius 3 is 2.59 bits per heavy atom. The van der Waals surface area contributed by atoms with Crippen LogP contribution in [-0.2, 0) is 9.53 Å². The van der Waals surface area contributed by atoms with E-state index >= 15 is 0 Å². The zero-order chi connectivity index (χ0) is 16.4. The molecule has 0 aliphatic carbocycles. The second-order valence-corrected chi connectivity index (χ2v) is 4.34. The average molecular weight is 311 g/mol. The maximum absolute atomic E-state index is 11.0. The van der Waals surface area contributed by atoms with Gasteiger partial charge in [0.15, 0.2) is 0 Å². The summed E-state index contributed by atoms with van der Waals surface area (Å²) in [5.41, 5.74) is 2.06. The van der Waals surface area contributed by atoms with Crippen LogP contribution in [0.4, 0.5) is 0 Å². The molecule has 1 amide bonds. The molecule has 0 saturated carbocycles. The molecule has 2 atom stereocenters. The van der Waals surface area contributed by atoms with Crippen molar-refractivity contribution >= 4 is 5.91 Å². The highest BCUT2D eigenvalue weighted by Crippen LogP contribution is 2.23. The van der Waals surface area contributed by atoms with Crippen molar-refractivity contribution in [2.75, 3.05) is 19.8 Å². The van der Waals surface area contributed by atoms with Crippen molar-refractivity contribution in [2.45, 2.75) is 19.1 Å². The predicted octanol–water partition coefficient (Wildman–Crippen LogP) is 0.558. The summed E-state index contributed by atoms with van der Waals surface area (Å²) in [7, 11) is 0. The summed E-state index contributed by atoms with van der Waals surface area (Å²) in [4.78, 5) is 11.0. The Bertz CT molecular complexity index is 473. The van der Waals surface area contributed by atoms with Gasteiger partial charge in [0.2, 0.25) is 0 Å². The minimum absolute atomic E-state index is 0.0749. The Kier molecular flexibility index (Phi) is 8.16. The van der Waals surface area contributed by atoms with Crippen molar-refractivity contribution < 1.29 is 29.7 Å². The maximum Gasteiger partial charge on any atom is 0.267 e. The fourth-order valence-corrected chi connectivity index (χ4v) is 1.78. The van der Waals surface area contributed by atoms with Gasteiger partial charge in [-0.3, -0.25) is 10.0 Å². The molecule has 0 bridgehead atoms. The van der Waals surface area contributed by atoms with Crippen LogP contribution >= 0.6 is 0 Å². The third kappa shape index (κ3) is 5.82. The number of rotatable bonds is 9. The Hall–Kier alpha value is -1.93. The van der Waals surface area contributed by atoms with Gasteiger partial charge in [-0.15, -0.1) is 0 Å². The molecule has 0 spiro atoms. The summed E-state index contributed by atoms with van der Waals surface area (Å²) in [6.45, 7) is 2.24. The van der Waals surface area contributed by atoms with E-state index in [2.05, 4.69) is 0 Å². The number of amides is 1. The quantitative estimate of drug-likeness (QED) is 0.301. The average Bonchev–Trinajstić information content (AvgIpc) is 2.56. The fraction of sp³-hybridized carbons (Fsp3) is 0.400. The molecule has 7 nitrogen and oxygen atoms in total. The number of aliphatic hydroxyl groups excluding tert-OH is 2. The number of carbonyl (C=O) groups excluding carboxylic acids is 1. The molecule has 0 fully saturated rings. The smallest absolute Gasteiger partial charge is 0.267 e. The van der Waals surface area contributed by atoms with Crippen LogP contribution in [0.15, 0.2) is 36.4 Å². The summed E-state index contributed by atoms with van der Waals surface area (Å²) in [5.74, 6) is -0.127. The molecule has 1 aromatic carbocycles. The lowest BCUT2D eigenvalue weighted by Gasteiger charge is -2.20. The Balaban J connectivity index is 2.77. The van der Waals surface area contributed by atoms with Crippen molar-refractivity contribution in [1.82, 2.24) is 5.48 Å². The molecule has 7 heteroatoms. The molecule has 0 aliphatic heterocycles. The first-order valence-corrected chi connectivity index (χ1v) is 6.88. The van der Waals surface area contributed by atoms with Gasteiger partial charge in [0.05, 0.1) is 6.61 Å². The number of hydroxylamine groups is 1. The van der Waals surface area contributed by atoms with Gasteiger partial charge in [0.1, 0.15) is 24.6 Å². The van der Waals surface area contributed by atoms with Crippen molar-refractivity contribution in [1.29, 1.82) is 0 Å². The van der Waals surface area contributed by atoms with Crippen LogP contribution in [0, 0.1) is 0 Å². The van der Waals surface area contributed by atoms with E-state index in [0.29, 0.717) is 17.9 Å². The monoisotopic (exact) mass is 311 g/mol. The van der Waals surface area contributed by atoms with Crippen LogP contribution in [0.3, 0.4) is 0 Å². The Labute approximate surface area is 128 Å². The zero-order valence-electron chi connectivity index (χ0n) is 12.3. The Morgan fingerprint density at radius 1 is 1.36 bits per heavy atom. The highest BCUT2D eigenvalue weighted by atomic mass is 16.5. The van der Waals surface area contributed by atoms with Crippen LogP contribution < -0.4 is 10.2 Å². The van der Waals surface area contributed by atoms with Crippen molar-refractivity contribution in [3.63, 3.8) is 0 Å². The maximum atomic E-state index is 11.0. The van der Waals surface area contributed by atoms with E-state index < -0.39 is 18.1 Å². The van der Waals surface area contributed by atoms with Gasteiger partial charge in [0.25, 0.3) is 5.91 Å². The third-order valence-electron chi connectivity index (χ3n) is 2.80. The minimum Gasteiger partial charge on any atom is -0.491 e. The highest BCUT2D eigenvalue weighted by Gasteiger charge is 2.19. The lowest BCUT2D eigenvalue weighted by atomic mass is 10.0. The summed E-state index contributed by atoms with van der Waals surface area (Å²) in [6, 6.07) is 6.68. The fourth-order valence-electron chi connectivity index (χ4n) is 1.78. The normalized spacial score (nSPS) is 13.8. The van der Waals surface area contributed by atoms with E-state index in [9.17, 15) is 9.90 Å². The molecule has 0 radical (unpaired) electrons. The van der Waals surface area contributed by atoms with Gasteiger partial charge in [-0.05, 0) is 30.7 Å². The molecule has 0 heterocycles. The lowest BCUT2D eigenvalue weighted by molar-refractivity contribution is -0.124. The molecule has 0 saturated heterocycles. The molecule has 1 aromatic rings. The van der Waals surface area contributed by atoms with E-state index in [1.165, 1.54) is 11.6 Å². The number of nitrogens with one attached hydrogen (secondary N) is 1. The van der Waals surface area contributed by atoms with Crippen molar-refractivity contribution in [2.24, 2.45) is 0 Å². The molecule has 122 valence electrons. The van der Waals surface area contributed by atoms with Gasteiger partial charge in [0, 0.05) is 12.7 Å². The number of hydrogen-bond acceptors (Lipinski definition) is 6. The summed E-state index contributed by atoms with van der Waals surface area (Å²) < 4.78 is 10.6. The minimum atomic E-state index is -0.977. The Morgan fingerprint density at radius 2 is 2.05 bits per heavy atom. The zero-order valence-corrected chi connectivity index (χ0v) is 12.3. The van der Waals surface area contributed by atoms with Crippen molar-refractivity contribution in [3.05, 3.63) is 42.0 Å². The van der Waals surface area contributed by atoms with E-state index in [0.717, 1.165) is 6.08 Å². The first-order valence-electron chi connectivity index (χ1n) is 6.88. The molecular formula is C15H21NO6. The molecule has 22 heavy (non-hydrogen) atoms. The summed E-state index contributed by atoms with van der Waals surface area (Å²) in [5, 5.41) is 27.4. The molecular weight excluding hydrogens is 290 g/mol. The number of benzene rings is 1. The van der Waals surface area contributed by atoms with Crippen LogP contribution in [0.2, 0.25) is 0 Å². The van der Waals surface area contributed by atoms with Gasteiger partial charge in [-0.1, -0.05) is 12.1 Å². The molecule has 1 rings (SSSR count). The number of ether oxygens (including phenoxy) is 2. The van der Waals surface area contributed by atoms with E-state index in [1.54, 1.807) is 31.2 Å². The largest absolute Gasteiger partial charge is 0.491 e. The first-order chi connectivity index (χ1) is 10.6. The highest BCUT2D eigenvalue weighted by molar-refractivity contribution is 5.86. The lowest BCUT2D eigenvalue weighted by Crippen LogP contribution is -2.22. The predicted molar refractivity (Wildman–Crippen MR) is 78.5 cm³/mol. The summed E-state index contributed by atoms with van der Waals surface area (Å²) >= 11 is 0. The third-order valence-corrected chi connectivity index (χ3v) is 2.80. The van der Waals surface area contributed by atoms with Crippen LogP contribution in [-0.4, -0.2) is 47.3 Å². The topological polar surface area (TPSA) is 108 Å². The molecule has 4 N–H and O–H groups in total. The number of hydrogen-bond donors (Lipinski definition) is 4. The number of aliphatic hydroxyl groups is 2. The second kappa shape index (κ2) is 9.91. The number of carbonyl (C=O) groups is 1. The van der Waals surface area contributed by atoms with Crippen LogP contribution in [0.5, 0.6) is 5.75 Å². The van der Waals surface area contributed by atoms with E-state index in [-0.39, 0.29) is 13.2 Å². The van der Waals surface area contributed by atoms with Crippen LogP contribution in [0.1, 0.15) is 18.6 Å². The van der Waals surface area contributed by atoms with Crippen LogP contribution in [0.25, 0.3) is 0 Å². The summed E-state index contributed by atoms with van der Waals surface area (Å²) in [6.07, 6.45) is 0.749.